The number of aromatic nitrogens is 4. The summed E-state index contributed by atoms with van der Waals surface area (Å²) in [4.78, 5) is 15.6. The number of rotatable bonds is 4. The molecule has 10 aromatic rings. The topological polar surface area (TPSA) is 43.6 Å². The standard InChI is InChI=1S/C45H28N4/c1-3-13-30(14-4-1)42-36-25-22-31-23-26-38(46-43(31)44(36)48-45(47-42)32-15-5-2-6-16-32)33-24-27-41-37(28-33)35-19-9-10-20-40(35)49(41)39-21-11-17-29-12-7-8-18-34(29)39/h1-28H. The Balaban J connectivity index is 1.20. The van der Waals surface area contributed by atoms with Gasteiger partial charge in [0.1, 0.15) is 5.52 Å². The van der Waals surface area contributed by atoms with E-state index in [0.29, 0.717) is 5.82 Å². The summed E-state index contributed by atoms with van der Waals surface area (Å²) in [6.07, 6.45) is 0. The van der Waals surface area contributed by atoms with Gasteiger partial charge in [-0.3, -0.25) is 0 Å². The minimum atomic E-state index is 0.689. The first-order valence-corrected chi connectivity index (χ1v) is 16.5. The van der Waals surface area contributed by atoms with Gasteiger partial charge < -0.3 is 4.57 Å². The molecule has 0 radical (unpaired) electrons. The molecule has 228 valence electrons. The van der Waals surface area contributed by atoms with Crippen LogP contribution >= 0.6 is 0 Å². The Kier molecular flexibility index (Phi) is 6.15. The van der Waals surface area contributed by atoms with Crippen LogP contribution in [0.3, 0.4) is 0 Å². The number of para-hydroxylation sites is 1. The average Bonchev–Trinajstić information content (AvgIpc) is 3.51. The van der Waals surface area contributed by atoms with Gasteiger partial charge in [0, 0.05) is 43.6 Å². The quantitative estimate of drug-likeness (QED) is 0.183. The van der Waals surface area contributed by atoms with Gasteiger partial charge in [-0.15, -0.1) is 0 Å². The second kappa shape index (κ2) is 11.0. The maximum Gasteiger partial charge on any atom is 0.160 e. The summed E-state index contributed by atoms with van der Waals surface area (Å²) in [7, 11) is 0. The minimum absolute atomic E-state index is 0.689. The van der Waals surface area contributed by atoms with E-state index in [1.807, 2.05) is 24.3 Å². The molecule has 0 fully saturated rings. The fourth-order valence-electron chi connectivity index (χ4n) is 7.26. The normalized spacial score (nSPS) is 11.7. The van der Waals surface area contributed by atoms with E-state index in [2.05, 4.69) is 150 Å². The van der Waals surface area contributed by atoms with E-state index >= 15 is 0 Å². The van der Waals surface area contributed by atoms with Crippen molar-refractivity contribution in [3.8, 4) is 39.6 Å². The third kappa shape index (κ3) is 4.42. The Hall–Kier alpha value is -6.65. The van der Waals surface area contributed by atoms with E-state index in [9.17, 15) is 0 Å². The van der Waals surface area contributed by atoms with Crippen molar-refractivity contribution in [2.75, 3.05) is 0 Å². The van der Waals surface area contributed by atoms with Crippen LogP contribution in [0.15, 0.2) is 170 Å². The Morgan fingerprint density at radius 2 is 1.06 bits per heavy atom. The van der Waals surface area contributed by atoms with Crippen LogP contribution in [0.4, 0.5) is 0 Å². The summed E-state index contributed by atoms with van der Waals surface area (Å²) in [5.41, 5.74) is 10.1. The van der Waals surface area contributed by atoms with Crippen LogP contribution < -0.4 is 0 Å². The summed E-state index contributed by atoms with van der Waals surface area (Å²) in [5, 5.41) is 6.89. The van der Waals surface area contributed by atoms with E-state index in [0.717, 1.165) is 49.9 Å². The van der Waals surface area contributed by atoms with Crippen molar-refractivity contribution < 1.29 is 0 Å². The van der Waals surface area contributed by atoms with Crippen LogP contribution in [0.1, 0.15) is 0 Å². The fourth-order valence-corrected chi connectivity index (χ4v) is 7.26. The van der Waals surface area contributed by atoms with E-state index < -0.39 is 0 Å². The third-order valence-corrected chi connectivity index (χ3v) is 9.58. The maximum absolute atomic E-state index is 5.34. The van der Waals surface area contributed by atoms with Crippen LogP contribution in [0, 0.1) is 0 Å². The number of pyridine rings is 1. The number of hydrogen-bond acceptors (Lipinski definition) is 3. The molecule has 0 unspecified atom stereocenters. The molecule has 10 rings (SSSR count). The van der Waals surface area contributed by atoms with Crippen LogP contribution in [-0.2, 0) is 0 Å². The first-order chi connectivity index (χ1) is 24.3. The molecular weight excluding hydrogens is 597 g/mol. The molecule has 0 amide bonds. The van der Waals surface area contributed by atoms with Crippen molar-refractivity contribution in [2.45, 2.75) is 0 Å². The van der Waals surface area contributed by atoms with Gasteiger partial charge in [0.05, 0.1) is 33.6 Å². The molecule has 0 N–H and O–H groups in total. The lowest BCUT2D eigenvalue weighted by Gasteiger charge is -2.12. The van der Waals surface area contributed by atoms with Crippen molar-refractivity contribution in [3.05, 3.63) is 170 Å². The molecule has 0 saturated carbocycles. The smallest absolute Gasteiger partial charge is 0.160 e. The second-order valence-corrected chi connectivity index (χ2v) is 12.4. The van der Waals surface area contributed by atoms with Gasteiger partial charge >= 0.3 is 0 Å². The van der Waals surface area contributed by atoms with E-state index in [1.165, 1.54) is 38.3 Å². The maximum atomic E-state index is 5.34. The molecule has 0 saturated heterocycles. The zero-order valence-electron chi connectivity index (χ0n) is 26.5. The van der Waals surface area contributed by atoms with Gasteiger partial charge in [0.25, 0.3) is 0 Å². The van der Waals surface area contributed by atoms with Gasteiger partial charge in [0.2, 0.25) is 0 Å². The largest absolute Gasteiger partial charge is 0.309 e. The molecular formula is C45H28N4. The van der Waals surface area contributed by atoms with Crippen molar-refractivity contribution in [2.24, 2.45) is 0 Å². The monoisotopic (exact) mass is 624 g/mol. The summed E-state index contributed by atoms with van der Waals surface area (Å²) in [6, 6.07) is 59.6. The Morgan fingerprint density at radius 3 is 1.92 bits per heavy atom. The zero-order valence-corrected chi connectivity index (χ0v) is 26.5. The van der Waals surface area contributed by atoms with Crippen LogP contribution in [0.25, 0.3) is 94.0 Å². The van der Waals surface area contributed by atoms with Crippen molar-refractivity contribution in [1.82, 2.24) is 19.5 Å². The molecule has 0 bridgehead atoms. The van der Waals surface area contributed by atoms with Crippen molar-refractivity contribution in [1.29, 1.82) is 0 Å². The Labute approximate surface area is 282 Å². The fraction of sp³-hybridized carbons (Fsp3) is 0. The second-order valence-electron chi connectivity index (χ2n) is 12.4. The molecule has 0 aliphatic heterocycles. The third-order valence-electron chi connectivity index (χ3n) is 9.58. The highest BCUT2D eigenvalue weighted by Gasteiger charge is 2.17. The Bertz CT molecular complexity index is 2870. The lowest BCUT2D eigenvalue weighted by atomic mass is 10.0. The Morgan fingerprint density at radius 1 is 0.367 bits per heavy atom. The van der Waals surface area contributed by atoms with Crippen LogP contribution in [0.5, 0.6) is 0 Å². The minimum Gasteiger partial charge on any atom is -0.309 e. The first-order valence-electron chi connectivity index (χ1n) is 16.5. The molecule has 49 heavy (non-hydrogen) atoms. The summed E-state index contributed by atoms with van der Waals surface area (Å²) >= 11 is 0. The van der Waals surface area contributed by atoms with E-state index in [-0.39, 0.29) is 0 Å². The summed E-state index contributed by atoms with van der Waals surface area (Å²) in [5.74, 6) is 0.689. The highest BCUT2D eigenvalue weighted by molar-refractivity contribution is 6.12. The van der Waals surface area contributed by atoms with Gasteiger partial charge in [-0.25, -0.2) is 15.0 Å². The first kappa shape index (κ1) is 27.5. The molecule has 7 aromatic carbocycles. The molecule has 0 aliphatic carbocycles. The van der Waals surface area contributed by atoms with Gasteiger partial charge in [0.15, 0.2) is 5.82 Å². The molecule has 4 nitrogen and oxygen atoms in total. The SMILES string of the molecule is c1ccc(-c2nc(-c3ccccc3)c3ccc4ccc(-c5ccc6c(c5)c5ccccc5n6-c5cccc6ccccc56)nc4c3n2)cc1. The lowest BCUT2D eigenvalue weighted by Crippen LogP contribution is -1.97. The number of benzene rings is 7. The molecule has 0 atom stereocenters. The lowest BCUT2D eigenvalue weighted by molar-refractivity contribution is 1.20. The molecule has 3 heterocycles. The average molecular weight is 625 g/mol. The summed E-state index contributed by atoms with van der Waals surface area (Å²) < 4.78 is 2.39. The molecule has 4 heteroatoms. The van der Waals surface area contributed by atoms with E-state index in [4.69, 9.17) is 15.0 Å². The van der Waals surface area contributed by atoms with Gasteiger partial charge in [-0.1, -0.05) is 133 Å². The van der Waals surface area contributed by atoms with Crippen LogP contribution in [-0.4, -0.2) is 19.5 Å². The predicted octanol–water partition coefficient (Wildman–Crippen LogP) is 11.4. The summed E-state index contributed by atoms with van der Waals surface area (Å²) in [6.45, 7) is 0. The number of hydrogen-bond donors (Lipinski definition) is 0. The number of nitrogens with zero attached hydrogens (tertiary/aromatic N) is 4. The molecule has 3 aromatic heterocycles. The molecule has 0 spiro atoms. The zero-order chi connectivity index (χ0) is 32.3. The number of fused-ring (bicyclic) bond motifs is 7. The highest BCUT2D eigenvalue weighted by Crippen LogP contribution is 2.38. The highest BCUT2D eigenvalue weighted by atomic mass is 15.0. The van der Waals surface area contributed by atoms with Gasteiger partial charge in [-0.2, -0.15) is 0 Å². The molecule has 0 aliphatic rings. The van der Waals surface area contributed by atoms with Crippen LogP contribution in [0.2, 0.25) is 0 Å². The predicted molar refractivity (Wildman–Crippen MR) is 203 cm³/mol. The van der Waals surface area contributed by atoms with Gasteiger partial charge in [-0.05, 0) is 41.8 Å². The van der Waals surface area contributed by atoms with E-state index in [1.54, 1.807) is 0 Å². The van der Waals surface area contributed by atoms with Crippen molar-refractivity contribution >= 4 is 54.4 Å². The van der Waals surface area contributed by atoms with Crippen molar-refractivity contribution in [3.63, 3.8) is 0 Å².